The highest BCUT2D eigenvalue weighted by molar-refractivity contribution is 7.11. The molecule has 1 aliphatic heterocycles. The number of aliphatic imine (C=N–C) groups is 1. The van der Waals surface area contributed by atoms with E-state index in [0.29, 0.717) is 12.0 Å². The SMILES string of the molecule is CCNC(=NCC(C(C)C)N1CCOCC1)NCCc1nc(C)c(C)s1. The molecule has 7 heteroatoms. The Balaban J connectivity index is 1.88. The Morgan fingerprint density at radius 2 is 2.00 bits per heavy atom. The quantitative estimate of drug-likeness (QED) is 0.534. The van der Waals surface area contributed by atoms with Crippen LogP contribution in [0.15, 0.2) is 4.99 Å². The van der Waals surface area contributed by atoms with Crippen molar-refractivity contribution in [2.75, 3.05) is 45.9 Å². The lowest BCUT2D eigenvalue weighted by molar-refractivity contribution is 0.00867. The Hall–Kier alpha value is -1.18. The molecule has 1 fully saturated rings. The Kier molecular flexibility index (Phi) is 8.81. The summed E-state index contributed by atoms with van der Waals surface area (Å²) in [6.45, 7) is 17.1. The number of aryl methyl sites for hydroxylation is 2. The minimum atomic E-state index is 0.457. The maximum Gasteiger partial charge on any atom is 0.191 e. The van der Waals surface area contributed by atoms with Gasteiger partial charge in [-0.25, -0.2) is 4.98 Å². The van der Waals surface area contributed by atoms with Crippen LogP contribution < -0.4 is 10.6 Å². The number of morpholine rings is 1. The van der Waals surface area contributed by atoms with Crippen LogP contribution >= 0.6 is 11.3 Å². The number of ether oxygens (including phenoxy) is 1. The number of nitrogens with zero attached hydrogens (tertiary/aromatic N) is 3. The molecule has 2 N–H and O–H groups in total. The van der Waals surface area contributed by atoms with E-state index in [1.165, 1.54) is 9.88 Å². The summed E-state index contributed by atoms with van der Waals surface area (Å²) in [6.07, 6.45) is 0.931. The second kappa shape index (κ2) is 10.8. The van der Waals surface area contributed by atoms with E-state index in [-0.39, 0.29) is 0 Å². The van der Waals surface area contributed by atoms with Gasteiger partial charge in [0.15, 0.2) is 5.96 Å². The highest BCUT2D eigenvalue weighted by Crippen LogP contribution is 2.16. The van der Waals surface area contributed by atoms with Crippen LogP contribution in [0, 0.1) is 19.8 Å². The van der Waals surface area contributed by atoms with E-state index in [1.54, 1.807) is 11.3 Å². The van der Waals surface area contributed by atoms with Gasteiger partial charge in [-0.3, -0.25) is 9.89 Å². The molecule has 0 bridgehead atoms. The fraction of sp³-hybridized carbons (Fsp3) is 0.789. The van der Waals surface area contributed by atoms with Gasteiger partial charge in [-0.2, -0.15) is 0 Å². The number of rotatable bonds is 8. The zero-order valence-corrected chi connectivity index (χ0v) is 17.8. The summed E-state index contributed by atoms with van der Waals surface area (Å²) in [5.74, 6) is 1.47. The lowest BCUT2D eigenvalue weighted by atomic mass is 10.0. The number of aromatic nitrogens is 1. The van der Waals surface area contributed by atoms with Crippen LogP contribution in [0.2, 0.25) is 0 Å². The van der Waals surface area contributed by atoms with Crippen LogP contribution in [0.4, 0.5) is 0 Å². The molecule has 1 aromatic heterocycles. The number of thiazole rings is 1. The summed E-state index contributed by atoms with van der Waals surface area (Å²) < 4.78 is 5.49. The first-order chi connectivity index (χ1) is 12.5. The molecule has 1 saturated heterocycles. The van der Waals surface area contributed by atoms with Gasteiger partial charge < -0.3 is 15.4 Å². The third kappa shape index (κ3) is 6.52. The molecule has 0 aliphatic carbocycles. The van der Waals surface area contributed by atoms with Gasteiger partial charge >= 0.3 is 0 Å². The molecule has 1 aliphatic rings. The molecule has 2 rings (SSSR count). The first-order valence-electron chi connectivity index (χ1n) is 9.78. The van der Waals surface area contributed by atoms with Crippen LogP contribution in [-0.2, 0) is 11.2 Å². The average molecular weight is 382 g/mol. The third-order valence-electron chi connectivity index (χ3n) is 4.77. The van der Waals surface area contributed by atoms with E-state index in [4.69, 9.17) is 9.73 Å². The average Bonchev–Trinajstić information content (AvgIpc) is 2.93. The lowest BCUT2D eigenvalue weighted by Gasteiger charge is -2.36. The van der Waals surface area contributed by atoms with Gasteiger partial charge in [0.05, 0.1) is 30.5 Å². The van der Waals surface area contributed by atoms with Gasteiger partial charge in [-0.15, -0.1) is 11.3 Å². The van der Waals surface area contributed by atoms with Crippen LogP contribution in [0.5, 0.6) is 0 Å². The summed E-state index contributed by atoms with van der Waals surface area (Å²) in [4.78, 5) is 13.3. The van der Waals surface area contributed by atoms with Crippen molar-refractivity contribution >= 4 is 17.3 Å². The largest absolute Gasteiger partial charge is 0.379 e. The zero-order chi connectivity index (χ0) is 18.9. The van der Waals surface area contributed by atoms with Crippen molar-refractivity contribution in [1.82, 2.24) is 20.5 Å². The van der Waals surface area contributed by atoms with Crippen LogP contribution in [0.1, 0.15) is 36.3 Å². The summed E-state index contributed by atoms with van der Waals surface area (Å²) in [6, 6.07) is 0.457. The van der Waals surface area contributed by atoms with Gasteiger partial charge in [-0.05, 0) is 26.7 Å². The van der Waals surface area contributed by atoms with E-state index >= 15 is 0 Å². The van der Waals surface area contributed by atoms with Gasteiger partial charge in [0.25, 0.3) is 0 Å². The van der Waals surface area contributed by atoms with E-state index in [1.807, 2.05) is 0 Å². The smallest absolute Gasteiger partial charge is 0.191 e. The maximum atomic E-state index is 5.49. The van der Waals surface area contributed by atoms with Crippen molar-refractivity contribution in [1.29, 1.82) is 0 Å². The Bertz CT molecular complexity index is 547. The van der Waals surface area contributed by atoms with Crippen molar-refractivity contribution in [3.63, 3.8) is 0 Å². The number of hydrogen-bond donors (Lipinski definition) is 2. The van der Waals surface area contributed by atoms with Gasteiger partial charge in [0.1, 0.15) is 0 Å². The zero-order valence-electron chi connectivity index (χ0n) is 17.0. The van der Waals surface area contributed by atoms with Crippen LogP contribution in [-0.4, -0.2) is 67.8 Å². The van der Waals surface area contributed by atoms with E-state index in [0.717, 1.165) is 64.0 Å². The van der Waals surface area contributed by atoms with E-state index < -0.39 is 0 Å². The first kappa shape index (κ1) is 21.1. The minimum absolute atomic E-state index is 0.457. The Morgan fingerprint density at radius 3 is 2.58 bits per heavy atom. The molecule has 1 aromatic rings. The maximum absolute atomic E-state index is 5.49. The van der Waals surface area contributed by atoms with Gasteiger partial charge in [-0.1, -0.05) is 13.8 Å². The molecule has 0 aromatic carbocycles. The van der Waals surface area contributed by atoms with Crippen LogP contribution in [0.3, 0.4) is 0 Å². The Morgan fingerprint density at radius 1 is 1.27 bits per heavy atom. The standard InChI is InChI=1S/C19H35N5OS/c1-6-20-19(21-8-7-18-23-15(4)16(5)26-18)22-13-17(14(2)3)24-9-11-25-12-10-24/h14,17H,6-13H2,1-5H3,(H2,20,21,22). The number of hydrogen-bond acceptors (Lipinski definition) is 5. The molecular weight excluding hydrogens is 346 g/mol. The molecule has 0 saturated carbocycles. The van der Waals surface area contributed by atoms with E-state index in [9.17, 15) is 0 Å². The topological polar surface area (TPSA) is 61.8 Å². The molecule has 0 radical (unpaired) electrons. The third-order valence-corrected chi connectivity index (χ3v) is 5.90. The number of guanidine groups is 1. The highest BCUT2D eigenvalue weighted by atomic mass is 32.1. The molecule has 0 spiro atoms. The molecule has 0 amide bonds. The van der Waals surface area contributed by atoms with Crippen molar-refractivity contribution in [3.8, 4) is 0 Å². The van der Waals surface area contributed by atoms with E-state index in [2.05, 4.69) is 55.1 Å². The molecule has 1 unspecified atom stereocenters. The fourth-order valence-electron chi connectivity index (χ4n) is 3.12. The molecular formula is C19H35N5OS. The van der Waals surface area contributed by atoms with Crippen molar-refractivity contribution < 1.29 is 4.74 Å². The molecule has 6 nitrogen and oxygen atoms in total. The van der Waals surface area contributed by atoms with Crippen molar-refractivity contribution in [3.05, 3.63) is 15.6 Å². The molecule has 2 heterocycles. The highest BCUT2D eigenvalue weighted by Gasteiger charge is 2.23. The Labute approximate surface area is 162 Å². The summed E-state index contributed by atoms with van der Waals surface area (Å²) in [7, 11) is 0. The number of nitrogens with one attached hydrogen (secondary N) is 2. The predicted octanol–water partition coefficient (Wildman–Crippen LogP) is 2.21. The summed E-state index contributed by atoms with van der Waals surface area (Å²) in [5, 5.41) is 8.01. The lowest BCUT2D eigenvalue weighted by Crippen LogP contribution is -2.48. The van der Waals surface area contributed by atoms with Gasteiger partial charge in [0.2, 0.25) is 0 Å². The molecule has 1 atom stereocenters. The van der Waals surface area contributed by atoms with Crippen molar-refractivity contribution in [2.45, 2.75) is 47.1 Å². The monoisotopic (exact) mass is 381 g/mol. The second-order valence-corrected chi connectivity index (χ2v) is 8.39. The first-order valence-corrected chi connectivity index (χ1v) is 10.6. The fourth-order valence-corrected chi connectivity index (χ4v) is 4.05. The second-order valence-electron chi connectivity index (χ2n) is 7.11. The minimum Gasteiger partial charge on any atom is -0.379 e. The van der Waals surface area contributed by atoms with Crippen molar-refractivity contribution in [2.24, 2.45) is 10.9 Å². The summed E-state index contributed by atoms with van der Waals surface area (Å²) >= 11 is 1.79. The van der Waals surface area contributed by atoms with Gasteiger partial charge in [0, 0.05) is 43.5 Å². The summed E-state index contributed by atoms with van der Waals surface area (Å²) in [5.41, 5.74) is 1.15. The van der Waals surface area contributed by atoms with Crippen LogP contribution in [0.25, 0.3) is 0 Å². The predicted molar refractivity (Wildman–Crippen MR) is 110 cm³/mol. The molecule has 148 valence electrons. The molecule has 26 heavy (non-hydrogen) atoms. The normalized spacial score (nSPS) is 17.5.